The summed E-state index contributed by atoms with van der Waals surface area (Å²) in [5, 5.41) is 12.8. The van der Waals surface area contributed by atoms with Crippen LogP contribution in [-0.4, -0.2) is 76.0 Å². The van der Waals surface area contributed by atoms with Gasteiger partial charge in [-0.2, -0.15) is 9.78 Å². The molecule has 8 heteroatoms. The van der Waals surface area contributed by atoms with Crippen LogP contribution in [0.4, 0.5) is 10.5 Å². The highest BCUT2D eigenvalue weighted by molar-refractivity contribution is 5.86. The topological polar surface area (TPSA) is 81.9 Å². The van der Waals surface area contributed by atoms with Gasteiger partial charge in [-0.25, -0.2) is 9.59 Å². The number of rotatable bonds is 4. The standard InChI is InChI=1S/C22H29N5O3/c1-17-5-6-18(20(15-17)25-8-3-2-4-9-25)16-24-11-13-26(14-12-24)22(30)27-10-7-19(23-27)21(28)29/h5-7,10,15H,2-4,8-9,11-14,16H2,1H3,(H,28,29). The molecule has 0 atom stereocenters. The predicted molar refractivity (Wildman–Crippen MR) is 114 cm³/mol. The molecule has 8 nitrogen and oxygen atoms in total. The molecule has 1 N–H and O–H groups in total. The minimum atomic E-state index is -1.13. The maximum absolute atomic E-state index is 12.6. The number of carbonyl (C=O) groups excluding carboxylic acids is 1. The van der Waals surface area contributed by atoms with Gasteiger partial charge in [0.25, 0.3) is 0 Å². The van der Waals surface area contributed by atoms with Crippen molar-refractivity contribution in [2.45, 2.75) is 32.7 Å². The third-order valence-electron chi connectivity index (χ3n) is 5.98. The summed E-state index contributed by atoms with van der Waals surface area (Å²) < 4.78 is 1.12. The molecule has 160 valence electrons. The molecule has 1 aromatic carbocycles. The highest BCUT2D eigenvalue weighted by Gasteiger charge is 2.24. The Morgan fingerprint density at radius 1 is 1.00 bits per heavy atom. The van der Waals surface area contributed by atoms with Crippen LogP contribution in [0.25, 0.3) is 0 Å². The fraction of sp³-hybridized carbons (Fsp3) is 0.500. The van der Waals surface area contributed by atoms with E-state index >= 15 is 0 Å². The molecule has 4 rings (SSSR count). The molecular formula is C22H29N5O3. The molecule has 30 heavy (non-hydrogen) atoms. The quantitative estimate of drug-likeness (QED) is 0.833. The molecule has 0 spiro atoms. The van der Waals surface area contributed by atoms with E-state index in [1.54, 1.807) is 4.90 Å². The van der Waals surface area contributed by atoms with Crippen LogP contribution in [0, 0.1) is 6.92 Å². The summed E-state index contributed by atoms with van der Waals surface area (Å²) in [6.07, 6.45) is 5.24. The Kier molecular flexibility index (Phi) is 6.03. The van der Waals surface area contributed by atoms with E-state index in [4.69, 9.17) is 5.11 Å². The molecule has 2 saturated heterocycles. The van der Waals surface area contributed by atoms with Crippen LogP contribution in [0.5, 0.6) is 0 Å². The number of aromatic carboxylic acids is 1. The summed E-state index contributed by atoms with van der Waals surface area (Å²) in [4.78, 5) is 30.2. The zero-order chi connectivity index (χ0) is 21.1. The number of nitrogens with zero attached hydrogens (tertiary/aromatic N) is 5. The molecule has 0 aliphatic carbocycles. The van der Waals surface area contributed by atoms with E-state index in [9.17, 15) is 9.59 Å². The molecule has 0 radical (unpaired) electrons. The van der Waals surface area contributed by atoms with Crippen LogP contribution in [-0.2, 0) is 6.54 Å². The number of piperidine rings is 1. The normalized spacial score (nSPS) is 17.9. The second-order valence-corrected chi connectivity index (χ2v) is 8.18. The fourth-order valence-electron chi connectivity index (χ4n) is 4.26. The largest absolute Gasteiger partial charge is 0.476 e. The second kappa shape index (κ2) is 8.87. The molecule has 2 fully saturated rings. The van der Waals surface area contributed by atoms with Crippen LogP contribution in [0.3, 0.4) is 0 Å². The number of carbonyl (C=O) groups is 2. The monoisotopic (exact) mass is 411 g/mol. The van der Waals surface area contributed by atoms with Crippen molar-refractivity contribution in [3.63, 3.8) is 0 Å². The smallest absolute Gasteiger partial charge is 0.356 e. The van der Waals surface area contributed by atoms with Crippen molar-refractivity contribution < 1.29 is 14.7 Å². The van der Waals surface area contributed by atoms with Crippen LogP contribution in [0.15, 0.2) is 30.5 Å². The summed E-state index contributed by atoms with van der Waals surface area (Å²) in [5.74, 6) is -1.13. The van der Waals surface area contributed by atoms with Crippen LogP contribution in [0.1, 0.15) is 40.9 Å². The number of hydrogen-bond acceptors (Lipinski definition) is 5. The van der Waals surface area contributed by atoms with Gasteiger partial charge >= 0.3 is 12.0 Å². The van der Waals surface area contributed by atoms with Crippen LogP contribution >= 0.6 is 0 Å². The highest BCUT2D eigenvalue weighted by atomic mass is 16.4. The Morgan fingerprint density at radius 3 is 2.40 bits per heavy atom. The molecule has 2 aliphatic heterocycles. The Hall–Kier alpha value is -2.87. The minimum absolute atomic E-state index is 0.119. The van der Waals surface area contributed by atoms with Gasteiger partial charge in [-0.05, 0) is 49.4 Å². The van der Waals surface area contributed by atoms with Gasteiger partial charge in [0.05, 0.1) is 0 Å². The molecule has 2 aliphatic rings. The first-order valence-electron chi connectivity index (χ1n) is 10.7. The lowest BCUT2D eigenvalue weighted by Crippen LogP contribution is -2.49. The van der Waals surface area contributed by atoms with Gasteiger partial charge in [-0.15, -0.1) is 0 Å². The number of amides is 1. The second-order valence-electron chi connectivity index (χ2n) is 8.18. The highest BCUT2D eigenvalue weighted by Crippen LogP contribution is 2.27. The zero-order valence-electron chi connectivity index (χ0n) is 17.5. The van der Waals surface area contributed by atoms with Crippen molar-refractivity contribution in [3.05, 3.63) is 47.3 Å². The Labute approximate surface area is 176 Å². The number of aryl methyl sites for hydroxylation is 1. The maximum atomic E-state index is 12.6. The van der Waals surface area contributed by atoms with E-state index in [0.717, 1.165) is 37.4 Å². The Balaban J connectivity index is 1.38. The van der Waals surface area contributed by atoms with Gasteiger partial charge in [0.1, 0.15) is 0 Å². The average molecular weight is 412 g/mol. The summed E-state index contributed by atoms with van der Waals surface area (Å²) in [7, 11) is 0. The van der Waals surface area contributed by atoms with Crippen LogP contribution in [0.2, 0.25) is 0 Å². The predicted octanol–water partition coefficient (Wildman–Crippen LogP) is 2.67. The van der Waals surface area contributed by atoms with Gasteiger partial charge in [-0.1, -0.05) is 12.1 Å². The molecule has 3 heterocycles. The van der Waals surface area contributed by atoms with Gasteiger partial charge in [0, 0.05) is 57.7 Å². The van der Waals surface area contributed by atoms with E-state index in [2.05, 4.69) is 40.0 Å². The van der Waals surface area contributed by atoms with Crippen molar-refractivity contribution in [2.75, 3.05) is 44.2 Å². The third kappa shape index (κ3) is 4.48. The van der Waals surface area contributed by atoms with Crippen molar-refractivity contribution in [1.29, 1.82) is 0 Å². The van der Waals surface area contributed by atoms with E-state index in [1.807, 2.05) is 0 Å². The van der Waals surface area contributed by atoms with Crippen LogP contribution < -0.4 is 4.90 Å². The molecule has 0 unspecified atom stereocenters. The molecule has 0 saturated carbocycles. The Bertz CT molecular complexity index is 911. The van der Waals surface area contributed by atoms with Crippen molar-refractivity contribution in [3.8, 4) is 0 Å². The van der Waals surface area contributed by atoms with Crippen molar-refractivity contribution in [2.24, 2.45) is 0 Å². The summed E-state index contributed by atoms with van der Waals surface area (Å²) in [5.41, 5.74) is 3.87. The number of benzene rings is 1. The van der Waals surface area contributed by atoms with E-state index in [-0.39, 0.29) is 11.7 Å². The van der Waals surface area contributed by atoms with Gasteiger partial charge < -0.3 is 14.9 Å². The average Bonchev–Trinajstić information content (AvgIpc) is 3.26. The first kappa shape index (κ1) is 20.4. The minimum Gasteiger partial charge on any atom is -0.476 e. The fourth-order valence-corrected chi connectivity index (χ4v) is 4.26. The number of aromatic nitrogens is 2. The van der Waals surface area contributed by atoms with Gasteiger partial charge in [0.15, 0.2) is 5.69 Å². The van der Waals surface area contributed by atoms with Gasteiger partial charge in [-0.3, -0.25) is 4.90 Å². The SMILES string of the molecule is Cc1ccc(CN2CCN(C(=O)n3ccc(C(=O)O)n3)CC2)c(N2CCCCC2)c1. The molecular weight excluding hydrogens is 382 g/mol. The van der Waals surface area contributed by atoms with E-state index in [1.165, 1.54) is 48.3 Å². The number of carboxylic acids is 1. The summed E-state index contributed by atoms with van der Waals surface area (Å²) in [6.45, 7) is 8.05. The summed E-state index contributed by atoms with van der Waals surface area (Å²) in [6, 6.07) is 7.80. The van der Waals surface area contributed by atoms with Crippen molar-refractivity contribution >= 4 is 17.7 Å². The Morgan fingerprint density at radius 2 is 1.73 bits per heavy atom. The molecule has 2 aromatic rings. The third-order valence-corrected chi connectivity index (χ3v) is 5.98. The number of carboxylic acid groups (broad SMARTS) is 1. The lowest BCUT2D eigenvalue weighted by Gasteiger charge is -2.36. The first-order chi connectivity index (χ1) is 14.5. The van der Waals surface area contributed by atoms with E-state index < -0.39 is 5.97 Å². The molecule has 1 amide bonds. The zero-order valence-corrected chi connectivity index (χ0v) is 17.5. The van der Waals surface area contributed by atoms with Gasteiger partial charge in [0.2, 0.25) is 0 Å². The number of anilines is 1. The first-order valence-corrected chi connectivity index (χ1v) is 10.7. The lowest BCUT2D eigenvalue weighted by atomic mass is 10.0. The number of hydrogen-bond donors (Lipinski definition) is 1. The summed E-state index contributed by atoms with van der Waals surface area (Å²) >= 11 is 0. The van der Waals surface area contributed by atoms with Crippen molar-refractivity contribution in [1.82, 2.24) is 19.6 Å². The van der Waals surface area contributed by atoms with E-state index in [0.29, 0.717) is 13.1 Å². The maximum Gasteiger partial charge on any atom is 0.356 e. The number of piperazine rings is 1. The molecule has 1 aromatic heterocycles. The lowest BCUT2D eigenvalue weighted by molar-refractivity contribution is 0.0689. The molecule has 0 bridgehead atoms.